The summed E-state index contributed by atoms with van der Waals surface area (Å²) < 4.78 is 0. The molecule has 1 aromatic rings. The Labute approximate surface area is 161 Å². The molecule has 2 atom stereocenters. The summed E-state index contributed by atoms with van der Waals surface area (Å²) in [4.78, 5) is 26.3. The van der Waals surface area contributed by atoms with Gasteiger partial charge in [-0.3, -0.25) is 4.79 Å². The first-order chi connectivity index (χ1) is 12.1. The molecule has 0 aromatic heterocycles. The number of benzene rings is 1. The zero-order valence-corrected chi connectivity index (χ0v) is 15.9. The molecule has 1 aliphatic carbocycles. The first-order valence-corrected chi connectivity index (χ1v) is 9.30. The molecule has 2 fully saturated rings. The second-order valence-electron chi connectivity index (χ2n) is 7.17. The number of amides is 3. The van der Waals surface area contributed by atoms with Gasteiger partial charge in [0.1, 0.15) is 0 Å². The van der Waals surface area contributed by atoms with Crippen LogP contribution in [0.3, 0.4) is 0 Å². The molecule has 1 aromatic carbocycles. The van der Waals surface area contributed by atoms with Gasteiger partial charge in [-0.25, -0.2) is 4.79 Å². The maximum atomic E-state index is 12.3. The van der Waals surface area contributed by atoms with E-state index < -0.39 is 0 Å². The van der Waals surface area contributed by atoms with Crippen LogP contribution in [0, 0.1) is 5.92 Å². The molecule has 1 heterocycles. The van der Waals surface area contributed by atoms with Crippen LogP contribution in [0.5, 0.6) is 0 Å². The van der Waals surface area contributed by atoms with Gasteiger partial charge in [0.05, 0.1) is 0 Å². The molecule has 26 heavy (non-hydrogen) atoms. The molecule has 2 aliphatic rings. The fourth-order valence-electron chi connectivity index (χ4n) is 3.68. The fraction of sp³-hybridized carbons (Fsp3) is 0.579. The first kappa shape index (κ1) is 20.5. The van der Waals surface area contributed by atoms with Crippen molar-refractivity contribution in [3.8, 4) is 0 Å². The third-order valence-electron chi connectivity index (χ3n) is 5.12. The molecule has 4 N–H and O–H groups in total. The van der Waals surface area contributed by atoms with Gasteiger partial charge in [-0.05, 0) is 49.8 Å². The van der Waals surface area contributed by atoms with Gasteiger partial charge in [0.15, 0.2) is 0 Å². The largest absolute Gasteiger partial charge is 0.352 e. The van der Waals surface area contributed by atoms with E-state index in [1.165, 1.54) is 0 Å². The Morgan fingerprint density at radius 2 is 1.92 bits per heavy atom. The van der Waals surface area contributed by atoms with Crippen LogP contribution in [0.25, 0.3) is 0 Å². The minimum absolute atomic E-state index is 0. The van der Waals surface area contributed by atoms with Crippen LogP contribution in [0.1, 0.15) is 44.1 Å². The van der Waals surface area contributed by atoms with Crippen molar-refractivity contribution in [1.29, 1.82) is 0 Å². The average molecular weight is 381 g/mol. The normalized spacial score (nSPS) is 22.4. The third-order valence-corrected chi connectivity index (χ3v) is 5.12. The summed E-state index contributed by atoms with van der Waals surface area (Å²) in [7, 11) is 0. The smallest absolute Gasteiger partial charge is 0.321 e. The molecular formula is C19H29ClN4O2. The van der Waals surface area contributed by atoms with Crippen molar-refractivity contribution >= 4 is 30.0 Å². The minimum Gasteiger partial charge on any atom is -0.352 e. The Morgan fingerprint density at radius 1 is 1.15 bits per heavy atom. The highest BCUT2D eigenvalue weighted by molar-refractivity contribution is 5.89. The lowest BCUT2D eigenvalue weighted by Crippen LogP contribution is -2.37. The zero-order chi connectivity index (χ0) is 17.6. The Bertz CT molecular complexity index is 619. The molecule has 144 valence electrons. The summed E-state index contributed by atoms with van der Waals surface area (Å²) in [5.41, 5.74) is 7.71. The van der Waals surface area contributed by atoms with E-state index in [4.69, 9.17) is 5.73 Å². The molecule has 3 rings (SSSR count). The predicted octanol–water partition coefficient (Wildman–Crippen LogP) is 2.87. The monoisotopic (exact) mass is 380 g/mol. The van der Waals surface area contributed by atoms with Crippen molar-refractivity contribution in [2.75, 3.05) is 18.4 Å². The lowest BCUT2D eigenvalue weighted by Gasteiger charge is -2.25. The molecule has 1 saturated heterocycles. The number of nitrogens with two attached hydrogens (primary N) is 1. The maximum absolute atomic E-state index is 12.3. The summed E-state index contributed by atoms with van der Waals surface area (Å²) in [6.07, 6.45) is 5.89. The van der Waals surface area contributed by atoms with E-state index in [9.17, 15) is 9.59 Å². The lowest BCUT2D eigenvalue weighted by molar-refractivity contribution is -0.126. The van der Waals surface area contributed by atoms with Gasteiger partial charge in [0.2, 0.25) is 5.91 Å². The van der Waals surface area contributed by atoms with E-state index in [0.717, 1.165) is 62.9 Å². The van der Waals surface area contributed by atoms with Crippen molar-refractivity contribution in [2.24, 2.45) is 11.7 Å². The zero-order valence-electron chi connectivity index (χ0n) is 15.1. The van der Waals surface area contributed by atoms with E-state index in [1.807, 2.05) is 29.2 Å². The molecule has 1 aliphatic heterocycles. The molecule has 2 unspecified atom stereocenters. The molecule has 0 spiro atoms. The van der Waals surface area contributed by atoms with Crippen LogP contribution in [0.2, 0.25) is 0 Å². The number of urea groups is 1. The standard InChI is InChI=1S/C19H28N4O2.ClH/c20-16-7-4-6-15(12-16)18(24)21-13-14-5-3-8-17(11-14)22-19(25)23-9-1-2-10-23;/h3,5,8,11,15-16H,1-2,4,6-7,9-10,12-13,20H2,(H,21,24)(H,22,25);1H. The summed E-state index contributed by atoms with van der Waals surface area (Å²) >= 11 is 0. The fourth-order valence-corrected chi connectivity index (χ4v) is 3.68. The number of hydrogen-bond donors (Lipinski definition) is 3. The summed E-state index contributed by atoms with van der Waals surface area (Å²) in [5, 5.41) is 5.95. The molecule has 3 amide bonds. The topological polar surface area (TPSA) is 87.5 Å². The molecule has 0 bridgehead atoms. The van der Waals surface area contributed by atoms with Crippen LogP contribution >= 0.6 is 12.4 Å². The number of carbonyl (C=O) groups excluding carboxylic acids is 2. The van der Waals surface area contributed by atoms with E-state index in [1.54, 1.807) is 0 Å². The van der Waals surface area contributed by atoms with Crippen LogP contribution < -0.4 is 16.4 Å². The van der Waals surface area contributed by atoms with Crippen molar-refractivity contribution in [2.45, 2.75) is 51.1 Å². The van der Waals surface area contributed by atoms with Crippen LogP contribution in [-0.2, 0) is 11.3 Å². The van der Waals surface area contributed by atoms with Crippen LogP contribution in [0.4, 0.5) is 10.5 Å². The lowest BCUT2D eigenvalue weighted by atomic mass is 9.85. The molecule has 1 saturated carbocycles. The molecule has 6 nitrogen and oxygen atoms in total. The Morgan fingerprint density at radius 3 is 2.65 bits per heavy atom. The molecular weight excluding hydrogens is 352 g/mol. The highest BCUT2D eigenvalue weighted by Crippen LogP contribution is 2.23. The SMILES string of the molecule is Cl.NC1CCCC(C(=O)NCc2cccc(NC(=O)N3CCCC3)c2)C1. The van der Waals surface area contributed by atoms with Gasteiger partial charge in [0.25, 0.3) is 0 Å². The van der Waals surface area contributed by atoms with Crippen LogP contribution in [0.15, 0.2) is 24.3 Å². The highest BCUT2D eigenvalue weighted by atomic mass is 35.5. The Kier molecular flexibility index (Phi) is 7.72. The van der Waals surface area contributed by atoms with Crippen molar-refractivity contribution in [1.82, 2.24) is 10.2 Å². The van der Waals surface area contributed by atoms with Gasteiger partial charge in [-0.1, -0.05) is 18.6 Å². The van der Waals surface area contributed by atoms with Crippen molar-refractivity contribution in [3.63, 3.8) is 0 Å². The van der Waals surface area contributed by atoms with Gasteiger partial charge < -0.3 is 21.3 Å². The van der Waals surface area contributed by atoms with Gasteiger partial charge >= 0.3 is 6.03 Å². The van der Waals surface area contributed by atoms with Gasteiger partial charge in [0, 0.05) is 37.3 Å². The summed E-state index contributed by atoms with van der Waals surface area (Å²) in [6, 6.07) is 7.75. The second-order valence-corrected chi connectivity index (χ2v) is 7.17. The number of rotatable bonds is 4. The van der Waals surface area contributed by atoms with Crippen LogP contribution in [-0.4, -0.2) is 36.0 Å². The van der Waals surface area contributed by atoms with E-state index in [0.29, 0.717) is 6.54 Å². The Hall–Kier alpha value is -1.79. The average Bonchev–Trinajstić information content (AvgIpc) is 3.15. The van der Waals surface area contributed by atoms with E-state index in [-0.39, 0.29) is 36.3 Å². The predicted molar refractivity (Wildman–Crippen MR) is 105 cm³/mol. The quantitative estimate of drug-likeness (QED) is 0.750. The molecule has 0 radical (unpaired) electrons. The number of nitrogens with one attached hydrogen (secondary N) is 2. The third kappa shape index (κ3) is 5.61. The Balaban J connectivity index is 0.00000243. The number of carbonyl (C=O) groups is 2. The van der Waals surface area contributed by atoms with E-state index in [2.05, 4.69) is 10.6 Å². The van der Waals surface area contributed by atoms with Crippen molar-refractivity contribution < 1.29 is 9.59 Å². The first-order valence-electron chi connectivity index (χ1n) is 9.30. The highest BCUT2D eigenvalue weighted by Gasteiger charge is 2.25. The maximum Gasteiger partial charge on any atom is 0.321 e. The minimum atomic E-state index is -0.0464. The number of hydrogen-bond acceptors (Lipinski definition) is 3. The number of halogens is 1. The summed E-state index contributed by atoms with van der Waals surface area (Å²) in [5.74, 6) is 0.114. The van der Waals surface area contributed by atoms with Gasteiger partial charge in [-0.2, -0.15) is 0 Å². The number of nitrogens with zero attached hydrogens (tertiary/aromatic N) is 1. The summed E-state index contributed by atoms with van der Waals surface area (Å²) in [6.45, 7) is 2.12. The van der Waals surface area contributed by atoms with Gasteiger partial charge in [-0.15, -0.1) is 12.4 Å². The number of anilines is 1. The molecule has 7 heteroatoms. The van der Waals surface area contributed by atoms with Crippen molar-refractivity contribution in [3.05, 3.63) is 29.8 Å². The second kappa shape index (κ2) is 9.78. The number of likely N-dealkylation sites (tertiary alicyclic amines) is 1. The van der Waals surface area contributed by atoms with E-state index >= 15 is 0 Å².